The number of aliphatic hydroxyl groups is 1. The first kappa shape index (κ1) is 12.0. The monoisotopic (exact) mass is 246 g/mol. The number of hydrogen-bond donors (Lipinski definition) is 2. The quantitative estimate of drug-likeness (QED) is 0.855. The van der Waals surface area contributed by atoms with E-state index in [1.54, 1.807) is 0 Å². The van der Waals surface area contributed by atoms with E-state index in [-0.39, 0.29) is 12.1 Å². The van der Waals surface area contributed by atoms with Crippen molar-refractivity contribution in [3.8, 4) is 0 Å². The molecule has 1 saturated carbocycles. The van der Waals surface area contributed by atoms with Gasteiger partial charge in [0.25, 0.3) is 0 Å². The second-order valence-electron chi connectivity index (χ2n) is 5.64. The van der Waals surface area contributed by atoms with Gasteiger partial charge in [0.2, 0.25) is 0 Å². The molecule has 1 aromatic carbocycles. The Morgan fingerprint density at radius 3 is 2.28 bits per heavy atom. The number of nitrogens with two attached hydrogens (primary N) is 1. The molecule has 2 fully saturated rings. The Hall–Kier alpha value is -1.06. The van der Waals surface area contributed by atoms with Crippen LogP contribution in [0.4, 0.5) is 5.69 Å². The topological polar surface area (TPSA) is 49.5 Å². The van der Waals surface area contributed by atoms with Crippen molar-refractivity contribution in [3.63, 3.8) is 0 Å². The summed E-state index contributed by atoms with van der Waals surface area (Å²) in [6, 6.07) is 8.19. The van der Waals surface area contributed by atoms with Crippen molar-refractivity contribution < 1.29 is 5.11 Å². The minimum Gasteiger partial charge on any atom is -0.391 e. The number of hydrogen-bond acceptors (Lipinski definition) is 3. The molecule has 0 unspecified atom stereocenters. The third kappa shape index (κ3) is 2.38. The highest BCUT2D eigenvalue weighted by Gasteiger charge is 2.34. The molecule has 1 heterocycles. The van der Waals surface area contributed by atoms with Crippen LogP contribution >= 0.6 is 0 Å². The summed E-state index contributed by atoms with van der Waals surface area (Å²) in [6.07, 6.45) is 4.47. The summed E-state index contributed by atoms with van der Waals surface area (Å²) < 4.78 is 0. The number of rotatable bonds is 4. The van der Waals surface area contributed by atoms with Crippen LogP contribution in [0.25, 0.3) is 0 Å². The van der Waals surface area contributed by atoms with Gasteiger partial charge in [-0.3, -0.25) is 0 Å². The van der Waals surface area contributed by atoms with Crippen LogP contribution in [0, 0.1) is 5.92 Å². The van der Waals surface area contributed by atoms with Gasteiger partial charge in [-0.15, -0.1) is 0 Å². The smallest absolute Gasteiger partial charge is 0.0760 e. The molecule has 3 nitrogen and oxygen atoms in total. The molecule has 0 amide bonds. The number of anilines is 1. The van der Waals surface area contributed by atoms with Gasteiger partial charge in [-0.05, 0) is 49.3 Å². The lowest BCUT2D eigenvalue weighted by atomic mass is 9.99. The Morgan fingerprint density at radius 1 is 1.11 bits per heavy atom. The van der Waals surface area contributed by atoms with Gasteiger partial charge in [-0.1, -0.05) is 12.1 Å². The summed E-state index contributed by atoms with van der Waals surface area (Å²) in [7, 11) is 0. The van der Waals surface area contributed by atoms with E-state index in [2.05, 4.69) is 29.2 Å². The van der Waals surface area contributed by atoms with Crippen molar-refractivity contribution in [2.45, 2.75) is 37.8 Å². The van der Waals surface area contributed by atoms with Crippen LogP contribution in [0.2, 0.25) is 0 Å². The molecule has 0 spiro atoms. The fraction of sp³-hybridized carbons (Fsp3) is 0.600. The highest BCUT2D eigenvalue weighted by Crippen LogP contribution is 2.37. The van der Waals surface area contributed by atoms with E-state index in [4.69, 9.17) is 5.73 Å². The molecule has 0 bridgehead atoms. The summed E-state index contributed by atoms with van der Waals surface area (Å²) in [5.41, 5.74) is 8.45. The summed E-state index contributed by atoms with van der Waals surface area (Å²) in [5, 5.41) is 10.1. The Labute approximate surface area is 109 Å². The van der Waals surface area contributed by atoms with E-state index >= 15 is 0 Å². The molecule has 3 N–H and O–H groups in total. The van der Waals surface area contributed by atoms with Crippen LogP contribution in [-0.2, 0) is 0 Å². The molecule has 2 aliphatic rings. The molecule has 2 atom stereocenters. The normalized spacial score (nSPS) is 23.1. The van der Waals surface area contributed by atoms with Gasteiger partial charge < -0.3 is 15.7 Å². The molecule has 0 radical (unpaired) electrons. The van der Waals surface area contributed by atoms with Gasteiger partial charge in [0, 0.05) is 18.8 Å². The highest BCUT2D eigenvalue weighted by atomic mass is 16.3. The zero-order valence-corrected chi connectivity index (χ0v) is 10.8. The predicted octanol–water partition coefficient (Wildman–Crippen LogP) is 2.06. The molecule has 1 saturated heterocycles. The van der Waals surface area contributed by atoms with Gasteiger partial charge in [0.05, 0.1) is 12.1 Å². The van der Waals surface area contributed by atoms with Crippen LogP contribution in [0.3, 0.4) is 0 Å². The van der Waals surface area contributed by atoms with Crippen molar-refractivity contribution >= 4 is 5.69 Å². The first-order chi connectivity index (χ1) is 8.75. The summed E-state index contributed by atoms with van der Waals surface area (Å²) in [5.74, 6) is 0.429. The fourth-order valence-electron chi connectivity index (χ4n) is 2.81. The number of nitrogens with zero attached hydrogens (tertiary/aromatic N) is 1. The maximum Gasteiger partial charge on any atom is 0.0760 e. The molecule has 3 rings (SSSR count). The Balaban J connectivity index is 1.69. The van der Waals surface area contributed by atoms with Crippen LogP contribution in [0.5, 0.6) is 0 Å². The lowest BCUT2D eigenvalue weighted by Gasteiger charge is -2.21. The van der Waals surface area contributed by atoms with Gasteiger partial charge >= 0.3 is 0 Å². The van der Waals surface area contributed by atoms with Gasteiger partial charge in [0.1, 0.15) is 0 Å². The van der Waals surface area contributed by atoms with Crippen LogP contribution in [-0.4, -0.2) is 24.3 Å². The highest BCUT2D eigenvalue weighted by molar-refractivity contribution is 5.48. The van der Waals surface area contributed by atoms with Crippen molar-refractivity contribution in [1.82, 2.24) is 0 Å². The Morgan fingerprint density at radius 2 is 1.72 bits per heavy atom. The van der Waals surface area contributed by atoms with E-state index in [0.717, 1.165) is 31.5 Å². The van der Waals surface area contributed by atoms with Gasteiger partial charge in [0.15, 0.2) is 0 Å². The maximum atomic E-state index is 10.1. The Bertz CT molecular complexity index is 393. The summed E-state index contributed by atoms with van der Waals surface area (Å²) in [6.45, 7) is 2.33. The van der Waals surface area contributed by atoms with E-state index < -0.39 is 0 Å². The zero-order chi connectivity index (χ0) is 12.5. The van der Waals surface area contributed by atoms with Crippen LogP contribution in [0.15, 0.2) is 24.3 Å². The van der Waals surface area contributed by atoms with Gasteiger partial charge in [-0.25, -0.2) is 0 Å². The van der Waals surface area contributed by atoms with E-state index in [1.165, 1.54) is 18.5 Å². The molecule has 18 heavy (non-hydrogen) atoms. The first-order valence-electron chi connectivity index (χ1n) is 7.04. The predicted molar refractivity (Wildman–Crippen MR) is 73.5 cm³/mol. The van der Waals surface area contributed by atoms with Crippen molar-refractivity contribution in [3.05, 3.63) is 29.8 Å². The molecule has 1 aromatic rings. The standard InChI is InChI=1S/C15H22N2O/c16-14(15(18)12-3-4-12)11-5-7-13(8-6-11)17-9-1-2-10-17/h5-8,12,14-15,18H,1-4,9-10,16H2/t14-,15+/m1/s1. The minimum atomic E-state index is -0.373. The lowest BCUT2D eigenvalue weighted by molar-refractivity contribution is 0.122. The average Bonchev–Trinajstić information content (AvgIpc) is 3.12. The second-order valence-corrected chi connectivity index (χ2v) is 5.64. The first-order valence-corrected chi connectivity index (χ1v) is 7.04. The van der Waals surface area contributed by atoms with E-state index in [1.807, 2.05) is 0 Å². The fourth-order valence-corrected chi connectivity index (χ4v) is 2.81. The molecule has 1 aliphatic heterocycles. The average molecular weight is 246 g/mol. The zero-order valence-electron chi connectivity index (χ0n) is 10.8. The van der Waals surface area contributed by atoms with E-state index in [9.17, 15) is 5.11 Å². The molecular weight excluding hydrogens is 224 g/mol. The summed E-state index contributed by atoms with van der Waals surface area (Å²) >= 11 is 0. The second kappa shape index (κ2) is 4.90. The van der Waals surface area contributed by atoms with Crippen LogP contribution in [0.1, 0.15) is 37.3 Å². The van der Waals surface area contributed by atoms with Crippen LogP contribution < -0.4 is 10.6 Å². The largest absolute Gasteiger partial charge is 0.391 e. The molecule has 0 aromatic heterocycles. The lowest BCUT2D eigenvalue weighted by Crippen LogP contribution is -2.28. The minimum absolute atomic E-state index is 0.231. The third-order valence-corrected chi connectivity index (χ3v) is 4.22. The maximum absolute atomic E-state index is 10.1. The third-order valence-electron chi connectivity index (χ3n) is 4.22. The van der Waals surface area contributed by atoms with Crippen molar-refractivity contribution in [2.24, 2.45) is 11.7 Å². The van der Waals surface area contributed by atoms with E-state index in [0.29, 0.717) is 5.92 Å². The SMILES string of the molecule is N[C@H](c1ccc(N2CCCC2)cc1)[C@@H](O)C1CC1. The molecule has 1 aliphatic carbocycles. The van der Waals surface area contributed by atoms with Crippen molar-refractivity contribution in [2.75, 3.05) is 18.0 Å². The summed E-state index contributed by atoms with van der Waals surface area (Å²) in [4.78, 5) is 2.41. The molecular formula is C15H22N2O. The number of aliphatic hydroxyl groups excluding tert-OH is 1. The Kier molecular flexibility index (Phi) is 3.27. The van der Waals surface area contributed by atoms with Gasteiger partial charge in [-0.2, -0.15) is 0 Å². The molecule has 98 valence electrons. The number of benzene rings is 1. The molecule has 3 heteroatoms. The van der Waals surface area contributed by atoms with Crippen molar-refractivity contribution in [1.29, 1.82) is 0 Å².